The molecule has 0 fully saturated rings. The van der Waals surface area contributed by atoms with Crippen LogP contribution in [-0.2, 0) is 11.3 Å². The van der Waals surface area contributed by atoms with Crippen LogP contribution in [0.15, 0.2) is 54.6 Å². The van der Waals surface area contributed by atoms with Gasteiger partial charge in [0.15, 0.2) is 0 Å². The standard InChI is InChI=1S/C19H24N2O2/c1-3-23-18-11-9-17(10-12-18)20-14-13-19(22)21(2)15-16-7-5-4-6-8-16/h4-12,20H,3,13-15H2,1-2H3. The molecule has 23 heavy (non-hydrogen) atoms. The zero-order chi connectivity index (χ0) is 16.5. The second-order valence-corrected chi connectivity index (χ2v) is 5.37. The number of nitrogens with zero attached hydrogens (tertiary/aromatic N) is 1. The number of anilines is 1. The number of hydrogen-bond donors (Lipinski definition) is 1. The quantitative estimate of drug-likeness (QED) is 0.810. The number of carbonyl (C=O) groups excluding carboxylic acids is 1. The Bertz CT molecular complexity index is 597. The first kappa shape index (κ1) is 16.9. The van der Waals surface area contributed by atoms with Gasteiger partial charge in [0.25, 0.3) is 0 Å². The summed E-state index contributed by atoms with van der Waals surface area (Å²) >= 11 is 0. The predicted octanol–water partition coefficient (Wildman–Crippen LogP) is 3.55. The van der Waals surface area contributed by atoms with Gasteiger partial charge in [-0.2, -0.15) is 0 Å². The van der Waals surface area contributed by atoms with Gasteiger partial charge in [0.1, 0.15) is 5.75 Å². The molecule has 0 heterocycles. The smallest absolute Gasteiger partial charge is 0.224 e. The summed E-state index contributed by atoms with van der Waals surface area (Å²) in [5.74, 6) is 0.990. The molecule has 0 aliphatic heterocycles. The van der Waals surface area contributed by atoms with Crippen LogP contribution >= 0.6 is 0 Å². The van der Waals surface area contributed by atoms with Crippen LogP contribution in [0, 0.1) is 0 Å². The first-order valence-electron chi connectivity index (χ1n) is 7.93. The van der Waals surface area contributed by atoms with E-state index in [9.17, 15) is 4.79 Å². The van der Waals surface area contributed by atoms with Crippen molar-refractivity contribution < 1.29 is 9.53 Å². The van der Waals surface area contributed by atoms with E-state index in [1.54, 1.807) is 4.90 Å². The van der Waals surface area contributed by atoms with Crippen LogP contribution in [0.3, 0.4) is 0 Å². The largest absolute Gasteiger partial charge is 0.494 e. The van der Waals surface area contributed by atoms with E-state index >= 15 is 0 Å². The second kappa shape index (κ2) is 8.83. The van der Waals surface area contributed by atoms with Gasteiger partial charge in [-0.25, -0.2) is 0 Å². The molecule has 0 saturated heterocycles. The zero-order valence-electron chi connectivity index (χ0n) is 13.8. The van der Waals surface area contributed by atoms with Crippen molar-refractivity contribution in [1.82, 2.24) is 4.90 Å². The van der Waals surface area contributed by atoms with Crippen molar-refractivity contribution in [1.29, 1.82) is 0 Å². The number of hydrogen-bond acceptors (Lipinski definition) is 3. The molecule has 0 bridgehead atoms. The van der Waals surface area contributed by atoms with Crippen molar-refractivity contribution >= 4 is 11.6 Å². The number of benzene rings is 2. The summed E-state index contributed by atoms with van der Waals surface area (Å²) in [6, 6.07) is 17.8. The summed E-state index contributed by atoms with van der Waals surface area (Å²) in [4.78, 5) is 13.9. The maximum absolute atomic E-state index is 12.1. The zero-order valence-corrected chi connectivity index (χ0v) is 13.8. The number of rotatable bonds is 8. The number of nitrogens with one attached hydrogen (secondary N) is 1. The van der Waals surface area contributed by atoms with Crippen molar-refractivity contribution in [2.45, 2.75) is 19.9 Å². The van der Waals surface area contributed by atoms with E-state index in [4.69, 9.17) is 4.74 Å². The van der Waals surface area contributed by atoms with Crippen molar-refractivity contribution in [3.05, 3.63) is 60.2 Å². The van der Waals surface area contributed by atoms with E-state index in [0.29, 0.717) is 26.1 Å². The lowest BCUT2D eigenvalue weighted by atomic mass is 10.2. The Labute approximate surface area is 138 Å². The van der Waals surface area contributed by atoms with Gasteiger partial charge >= 0.3 is 0 Å². The Morgan fingerprint density at radius 1 is 1.09 bits per heavy atom. The first-order chi connectivity index (χ1) is 11.2. The number of ether oxygens (including phenoxy) is 1. The third-order valence-electron chi connectivity index (χ3n) is 3.52. The molecular weight excluding hydrogens is 288 g/mol. The average molecular weight is 312 g/mol. The number of carbonyl (C=O) groups is 1. The Kier molecular flexibility index (Phi) is 6.48. The Morgan fingerprint density at radius 2 is 1.78 bits per heavy atom. The molecule has 0 aliphatic carbocycles. The highest BCUT2D eigenvalue weighted by Gasteiger charge is 2.08. The van der Waals surface area contributed by atoms with Crippen LogP contribution in [0.4, 0.5) is 5.69 Å². The molecule has 0 spiro atoms. The molecule has 0 radical (unpaired) electrons. The van der Waals surface area contributed by atoms with Crippen LogP contribution in [0.5, 0.6) is 5.75 Å². The third kappa shape index (κ3) is 5.66. The van der Waals surface area contributed by atoms with Gasteiger partial charge in [-0.15, -0.1) is 0 Å². The van der Waals surface area contributed by atoms with Crippen LogP contribution in [0.2, 0.25) is 0 Å². The van der Waals surface area contributed by atoms with Gasteiger partial charge in [0, 0.05) is 32.2 Å². The van der Waals surface area contributed by atoms with E-state index in [0.717, 1.165) is 17.0 Å². The monoisotopic (exact) mass is 312 g/mol. The molecule has 122 valence electrons. The topological polar surface area (TPSA) is 41.6 Å². The fraction of sp³-hybridized carbons (Fsp3) is 0.316. The SMILES string of the molecule is CCOc1ccc(NCCC(=O)N(C)Cc2ccccc2)cc1. The van der Waals surface area contributed by atoms with E-state index in [1.165, 1.54) is 0 Å². The summed E-state index contributed by atoms with van der Waals surface area (Å²) in [5, 5.41) is 3.26. The molecule has 4 nitrogen and oxygen atoms in total. The van der Waals surface area contributed by atoms with Crippen molar-refractivity contribution in [2.75, 3.05) is 25.5 Å². The van der Waals surface area contributed by atoms with Crippen LogP contribution in [0.25, 0.3) is 0 Å². The maximum Gasteiger partial charge on any atom is 0.224 e. The molecule has 0 atom stereocenters. The van der Waals surface area contributed by atoms with E-state index < -0.39 is 0 Å². The van der Waals surface area contributed by atoms with Gasteiger partial charge < -0.3 is 15.0 Å². The molecule has 0 unspecified atom stereocenters. The molecule has 2 rings (SSSR count). The Morgan fingerprint density at radius 3 is 2.43 bits per heavy atom. The molecule has 0 saturated carbocycles. The van der Waals surface area contributed by atoms with Crippen molar-refractivity contribution in [2.24, 2.45) is 0 Å². The second-order valence-electron chi connectivity index (χ2n) is 5.37. The van der Waals surface area contributed by atoms with Gasteiger partial charge in [0.05, 0.1) is 6.61 Å². The number of amides is 1. The highest BCUT2D eigenvalue weighted by Crippen LogP contribution is 2.15. The predicted molar refractivity (Wildman–Crippen MR) is 93.6 cm³/mol. The fourth-order valence-corrected chi connectivity index (χ4v) is 2.29. The first-order valence-corrected chi connectivity index (χ1v) is 7.93. The summed E-state index contributed by atoms with van der Waals surface area (Å²) in [6.45, 7) is 3.88. The molecule has 4 heteroatoms. The van der Waals surface area contributed by atoms with Gasteiger partial charge in [-0.3, -0.25) is 4.79 Å². The molecule has 1 amide bonds. The van der Waals surface area contributed by atoms with Crippen LogP contribution < -0.4 is 10.1 Å². The summed E-state index contributed by atoms with van der Waals surface area (Å²) < 4.78 is 5.40. The van der Waals surface area contributed by atoms with Gasteiger partial charge in [-0.05, 0) is 36.8 Å². The summed E-state index contributed by atoms with van der Waals surface area (Å²) in [6.07, 6.45) is 0.469. The highest BCUT2D eigenvalue weighted by molar-refractivity contribution is 5.76. The molecule has 0 aromatic heterocycles. The summed E-state index contributed by atoms with van der Waals surface area (Å²) in [5.41, 5.74) is 2.13. The highest BCUT2D eigenvalue weighted by atomic mass is 16.5. The molecule has 0 aliphatic rings. The van der Waals surface area contributed by atoms with E-state index in [1.807, 2.05) is 68.6 Å². The summed E-state index contributed by atoms with van der Waals surface area (Å²) in [7, 11) is 1.84. The minimum atomic E-state index is 0.132. The minimum Gasteiger partial charge on any atom is -0.494 e. The Hall–Kier alpha value is -2.49. The normalized spacial score (nSPS) is 10.2. The third-order valence-corrected chi connectivity index (χ3v) is 3.52. The van der Waals surface area contributed by atoms with E-state index in [-0.39, 0.29) is 5.91 Å². The van der Waals surface area contributed by atoms with Crippen LogP contribution in [-0.4, -0.2) is 31.0 Å². The van der Waals surface area contributed by atoms with Crippen molar-refractivity contribution in [3.63, 3.8) is 0 Å². The van der Waals surface area contributed by atoms with Crippen LogP contribution in [0.1, 0.15) is 18.9 Å². The Balaban J connectivity index is 1.73. The maximum atomic E-state index is 12.1. The van der Waals surface area contributed by atoms with Gasteiger partial charge in [0.2, 0.25) is 5.91 Å². The molecule has 2 aromatic carbocycles. The molecule has 2 aromatic rings. The lowest BCUT2D eigenvalue weighted by Crippen LogP contribution is -2.27. The fourth-order valence-electron chi connectivity index (χ4n) is 2.29. The average Bonchev–Trinajstić information content (AvgIpc) is 2.57. The van der Waals surface area contributed by atoms with E-state index in [2.05, 4.69) is 5.32 Å². The lowest BCUT2D eigenvalue weighted by Gasteiger charge is -2.17. The molecular formula is C19H24N2O2. The minimum absolute atomic E-state index is 0.132. The van der Waals surface area contributed by atoms with Crippen molar-refractivity contribution in [3.8, 4) is 5.75 Å². The lowest BCUT2D eigenvalue weighted by molar-refractivity contribution is -0.130. The molecule has 1 N–H and O–H groups in total. The van der Waals surface area contributed by atoms with Gasteiger partial charge in [-0.1, -0.05) is 30.3 Å².